The molecule has 1 heterocycles. The Bertz CT molecular complexity index is 981. The molecule has 2 aromatic carbocycles. The Hall–Kier alpha value is -2.58. The molecule has 1 saturated heterocycles. The summed E-state index contributed by atoms with van der Waals surface area (Å²) in [6.45, 7) is 4.95. The molecule has 0 atom stereocenters. The fraction of sp³-hybridized carbons (Fsp3) is 0.409. The van der Waals surface area contributed by atoms with Crippen LogP contribution in [0.5, 0.6) is 11.5 Å². The van der Waals surface area contributed by atoms with Gasteiger partial charge in [0.1, 0.15) is 11.5 Å². The third-order valence-corrected chi connectivity index (χ3v) is 7.12. The number of hydrogen-bond donors (Lipinski definition) is 1. The number of rotatable bonds is 7. The van der Waals surface area contributed by atoms with Crippen LogP contribution < -0.4 is 14.8 Å². The maximum Gasteiger partial charge on any atom is 0.262 e. The quantitative estimate of drug-likeness (QED) is 0.724. The Balaban J connectivity index is 1.58. The number of benzene rings is 2. The lowest BCUT2D eigenvalue weighted by Crippen LogP contribution is -2.37. The van der Waals surface area contributed by atoms with E-state index in [9.17, 15) is 13.2 Å². The Morgan fingerprint density at radius 1 is 1.13 bits per heavy atom. The van der Waals surface area contributed by atoms with E-state index in [2.05, 4.69) is 12.2 Å². The fourth-order valence-electron chi connectivity index (χ4n) is 3.34. The van der Waals surface area contributed by atoms with Crippen LogP contribution in [-0.4, -0.2) is 45.4 Å². The largest absolute Gasteiger partial charge is 0.495 e. The van der Waals surface area contributed by atoms with Gasteiger partial charge < -0.3 is 14.8 Å². The van der Waals surface area contributed by atoms with E-state index in [0.717, 1.165) is 18.4 Å². The van der Waals surface area contributed by atoms with Crippen molar-refractivity contribution in [3.05, 3.63) is 48.0 Å². The molecule has 0 aliphatic carbocycles. The lowest BCUT2D eigenvalue weighted by Gasteiger charge is -2.29. The predicted molar refractivity (Wildman–Crippen MR) is 115 cm³/mol. The van der Waals surface area contributed by atoms with Gasteiger partial charge in [-0.15, -0.1) is 0 Å². The number of carbonyl (C=O) groups is 1. The minimum Gasteiger partial charge on any atom is -0.495 e. The van der Waals surface area contributed by atoms with E-state index in [4.69, 9.17) is 9.47 Å². The number of piperidine rings is 1. The third kappa shape index (κ3) is 5.31. The molecule has 8 heteroatoms. The first-order valence-corrected chi connectivity index (χ1v) is 11.4. The number of anilines is 1. The first-order valence-electron chi connectivity index (χ1n) is 9.97. The van der Waals surface area contributed by atoms with Crippen molar-refractivity contribution in [3.8, 4) is 11.5 Å². The Morgan fingerprint density at radius 2 is 1.80 bits per heavy atom. The van der Waals surface area contributed by atoms with E-state index in [-0.39, 0.29) is 17.4 Å². The molecule has 1 aliphatic heterocycles. The molecule has 2 aromatic rings. The first kappa shape index (κ1) is 22.1. The second kappa shape index (κ2) is 9.49. The standard InChI is InChI=1S/C22H28N2O5S/c1-16-10-12-24(13-11-16)30(26,27)19-7-5-18(6-8-19)29-15-22(25)23-20-14-17(2)4-9-21(20)28-3/h4-9,14,16H,10-13,15H2,1-3H3,(H,23,25). The summed E-state index contributed by atoms with van der Waals surface area (Å²) in [5, 5.41) is 2.76. The van der Waals surface area contributed by atoms with E-state index in [1.807, 2.05) is 19.1 Å². The van der Waals surface area contributed by atoms with Gasteiger partial charge in [0.05, 0.1) is 17.7 Å². The predicted octanol–water partition coefficient (Wildman–Crippen LogP) is 3.44. The van der Waals surface area contributed by atoms with Gasteiger partial charge in [-0.25, -0.2) is 8.42 Å². The highest BCUT2D eigenvalue weighted by atomic mass is 32.2. The molecular formula is C22H28N2O5S. The summed E-state index contributed by atoms with van der Waals surface area (Å²) in [6, 6.07) is 11.7. The monoisotopic (exact) mass is 432 g/mol. The lowest BCUT2D eigenvalue weighted by molar-refractivity contribution is -0.118. The van der Waals surface area contributed by atoms with Gasteiger partial charge in [-0.1, -0.05) is 13.0 Å². The molecule has 1 N–H and O–H groups in total. The molecule has 0 radical (unpaired) electrons. The second-order valence-electron chi connectivity index (χ2n) is 7.60. The topological polar surface area (TPSA) is 84.9 Å². The van der Waals surface area contributed by atoms with Crippen molar-refractivity contribution in [1.82, 2.24) is 4.31 Å². The average molecular weight is 433 g/mol. The summed E-state index contributed by atoms with van der Waals surface area (Å²) >= 11 is 0. The van der Waals surface area contributed by atoms with Crippen molar-refractivity contribution >= 4 is 21.6 Å². The summed E-state index contributed by atoms with van der Waals surface area (Å²) in [6.07, 6.45) is 1.75. The molecular weight excluding hydrogens is 404 g/mol. The highest BCUT2D eigenvalue weighted by molar-refractivity contribution is 7.89. The molecule has 3 rings (SSSR count). The molecule has 0 unspecified atom stereocenters. The maximum absolute atomic E-state index is 12.8. The highest BCUT2D eigenvalue weighted by Gasteiger charge is 2.27. The van der Waals surface area contributed by atoms with E-state index < -0.39 is 10.0 Å². The van der Waals surface area contributed by atoms with Crippen LogP contribution in [0.2, 0.25) is 0 Å². The Morgan fingerprint density at radius 3 is 2.43 bits per heavy atom. The van der Waals surface area contributed by atoms with Crippen molar-refractivity contribution < 1.29 is 22.7 Å². The van der Waals surface area contributed by atoms with E-state index >= 15 is 0 Å². The summed E-state index contributed by atoms with van der Waals surface area (Å²) in [5.41, 5.74) is 1.57. The zero-order chi connectivity index (χ0) is 21.7. The second-order valence-corrected chi connectivity index (χ2v) is 9.54. The van der Waals surface area contributed by atoms with Crippen molar-refractivity contribution in [2.75, 3.05) is 32.1 Å². The Labute approximate surface area is 178 Å². The van der Waals surface area contributed by atoms with Gasteiger partial charge >= 0.3 is 0 Å². The van der Waals surface area contributed by atoms with Crippen molar-refractivity contribution in [1.29, 1.82) is 0 Å². The third-order valence-electron chi connectivity index (χ3n) is 5.20. The number of amides is 1. The summed E-state index contributed by atoms with van der Waals surface area (Å²) < 4.78 is 37.8. The maximum atomic E-state index is 12.8. The number of ether oxygens (including phenoxy) is 2. The number of methoxy groups -OCH3 is 1. The number of nitrogens with zero attached hydrogens (tertiary/aromatic N) is 1. The molecule has 1 aliphatic rings. The molecule has 0 bridgehead atoms. The van der Waals surface area contributed by atoms with Gasteiger partial charge in [0.15, 0.2) is 6.61 Å². The van der Waals surface area contributed by atoms with Crippen LogP contribution >= 0.6 is 0 Å². The molecule has 0 saturated carbocycles. The van der Waals surface area contributed by atoms with Crippen molar-refractivity contribution in [2.45, 2.75) is 31.6 Å². The van der Waals surface area contributed by atoms with Crippen LogP contribution in [0, 0.1) is 12.8 Å². The number of aryl methyl sites for hydroxylation is 1. The molecule has 7 nitrogen and oxygen atoms in total. The van der Waals surface area contributed by atoms with E-state index in [0.29, 0.717) is 36.2 Å². The van der Waals surface area contributed by atoms with E-state index in [1.165, 1.54) is 23.5 Å². The first-order chi connectivity index (χ1) is 14.3. The smallest absolute Gasteiger partial charge is 0.262 e. The van der Waals surface area contributed by atoms with E-state index in [1.54, 1.807) is 18.2 Å². The van der Waals surface area contributed by atoms with Crippen LogP contribution in [0.3, 0.4) is 0 Å². The summed E-state index contributed by atoms with van der Waals surface area (Å²) in [5.74, 6) is 1.21. The van der Waals surface area contributed by atoms with Crippen molar-refractivity contribution in [3.63, 3.8) is 0 Å². The van der Waals surface area contributed by atoms with Crippen LogP contribution in [0.1, 0.15) is 25.3 Å². The number of carbonyl (C=O) groups excluding carboxylic acids is 1. The van der Waals surface area contributed by atoms with Crippen LogP contribution in [0.25, 0.3) is 0 Å². The van der Waals surface area contributed by atoms with Crippen LogP contribution in [-0.2, 0) is 14.8 Å². The van der Waals surface area contributed by atoms with Gasteiger partial charge in [0.2, 0.25) is 10.0 Å². The van der Waals surface area contributed by atoms with Gasteiger partial charge in [-0.05, 0) is 67.6 Å². The summed E-state index contributed by atoms with van der Waals surface area (Å²) in [4.78, 5) is 12.5. The van der Waals surface area contributed by atoms with Gasteiger partial charge in [0.25, 0.3) is 5.91 Å². The van der Waals surface area contributed by atoms with Gasteiger partial charge in [-0.3, -0.25) is 4.79 Å². The molecule has 1 amide bonds. The molecule has 0 aromatic heterocycles. The zero-order valence-corrected chi connectivity index (χ0v) is 18.4. The highest BCUT2D eigenvalue weighted by Crippen LogP contribution is 2.26. The van der Waals surface area contributed by atoms with Crippen LogP contribution in [0.4, 0.5) is 5.69 Å². The van der Waals surface area contributed by atoms with Crippen molar-refractivity contribution in [2.24, 2.45) is 5.92 Å². The number of hydrogen-bond acceptors (Lipinski definition) is 5. The molecule has 1 fully saturated rings. The number of nitrogens with one attached hydrogen (secondary N) is 1. The minimum absolute atomic E-state index is 0.201. The normalized spacial score (nSPS) is 15.6. The molecule has 0 spiro atoms. The Kier molecular flexibility index (Phi) is 6.99. The SMILES string of the molecule is COc1ccc(C)cc1NC(=O)COc1ccc(S(=O)(=O)N2CCC(C)CC2)cc1. The van der Waals surface area contributed by atoms with Gasteiger partial charge in [0, 0.05) is 13.1 Å². The average Bonchev–Trinajstić information content (AvgIpc) is 2.73. The lowest BCUT2D eigenvalue weighted by atomic mass is 10.0. The molecule has 30 heavy (non-hydrogen) atoms. The van der Waals surface area contributed by atoms with Gasteiger partial charge in [-0.2, -0.15) is 4.31 Å². The van der Waals surface area contributed by atoms with Crippen LogP contribution in [0.15, 0.2) is 47.4 Å². The molecule has 162 valence electrons. The minimum atomic E-state index is -3.50. The number of sulfonamides is 1. The zero-order valence-electron chi connectivity index (χ0n) is 17.6. The summed E-state index contributed by atoms with van der Waals surface area (Å²) in [7, 11) is -1.96. The fourth-order valence-corrected chi connectivity index (χ4v) is 4.81.